The zero-order chi connectivity index (χ0) is 12.8. The molecule has 0 aliphatic heterocycles. The fraction of sp³-hybridized carbons (Fsp3) is 0.538. The number of hydrogen-bond donors (Lipinski definition) is 1. The highest BCUT2D eigenvalue weighted by Crippen LogP contribution is 2.27. The molecule has 96 valence electrons. The topological polar surface area (TPSA) is 41.9 Å². The van der Waals surface area contributed by atoms with Crippen molar-refractivity contribution in [1.29, 1.82) is 0 Å². The molecule has 0 saturated carbocycles. The normalized spacial score (nSPS) is 12.6. The highest BCUT2D eigenvalue weighted by molar-refractivity contribution is 5.42. The molecule has 0 amide bonds. The molecule has 17 heavy (non-hydrogen) atoms. The van der Waals surface area contributed by atoms with Gasteiger partial charge in [-0.3, -0.25) is 4.90 Å². The minimum Gasteiger partial charge on any atom is -0.493 e. The monoisotopic (exact) mass is 239 g/mol. The first kappa shape index (κ1) is 13.8. The van der Waals surface area contributed by atoms with Gasteiger partial charge >= 0.3 is 0 Å². The number of aliphatic hydroxyl groups excluding tert-OH is 1. The second-order valence-electron chi connectivity index (χ2n) is 4.24. The van der Waals surface area contributed by atoms with Gasteiger partial charge in [0, 0.05) is 13.1 Å². The molecule has 0 aliphatic carbocycles. The van der Waals surface area contributed by atoms with Gasteiger partial charge in [0.25, 0.3) is 0 Å². The van der Waals surface area contributed by atoms with E-state index < -0.39 is 0 Å². The first-order valence-electron chi connectivity index (χ1n) is 5.64. The summed E-state index contributed by atoms with van der Waals surface area (Å²) in [6, 6.07) is 5.85. The van der Waals surface area contributed by atoms with Gasteiger partial charge in [0.2, 0.25) is 0 Å². The van der Waals surface area contributed by atoms with E-state index in [1.807, 2.05) is 25.2 Å². The third kappa shape index (κ3) is 4.24. The Morgan fingerprint density at radius 1 is 1.24 bits per heavy atom. The Kier molecular flexibility index (Phi) is 5.25. The number of rotatable bonds is 6. The smallest absolute Gasteiger partial charge is 0.161 e. The third-order valence-corrected chi connectivity index (χ3v) is 2.48. The van der Waals surface area contributed by atoms with Gasteiger partial charge < -0.3 is 14.6 Å². The standard InChI is InChI=1S/C13H21NO3/c1-10(15)8-14(2)9-11-5-6-12(16-3)13(7-11)17-4/h5-7,10,15H,8-9H2,1-4H3. The molecule has 1 N–H and O–H groups in total. The molecule has 4 nitrogen and oxygen atoms in total. The van der Waals surface area contributed by atoms with Crippen LogP contribution in [0.4, 0.5) is 0 Å². The molecule has 0 heterocycles. The van der Waals surface area contributed by atoms with Crippen molar-refractivity contribution in [3.05, 3.63) is 23.8 Å². The Hall–Kier alpha value is -1.26. The zero-order valence-electron chi connectivity index (χ0n) is 10.9. The van der Waals surface area contributed by atoms with Crippen LogP contribution in [0, 0.1) is 0 Å². The quantitative estimate of drug-likeness (QED) is 0.817. The molecule has 0 aromatic heterocycles. The van der Waals surface area contributed by atoms with E-state index in [9.17, 15) is 5.11 Å². The van der Waals surface area contributed by atoms with E-state index in [-0.39, 0.29) is 6.10 Å². The summed E-state index contributed by atoms with van der Waals surface area (Å²) in [6.45, 7) is 3.20. The summed E-state index contributed by atoms with van der Waals surface area (Å²) in [5.41, 5.74) is 1.13. The molecular formula is C13H21NO3. The number of hydrogen-bond acceptors (Lipinski definition) is 4. The van der Waals surface area contributed by atoms with Crippen molar-refractivity contribution < 1.29 is 14.6 Å². The van der Waals surface area contributed by atoms with Crippen LogP contribution in [0.2, 0.25) is 0 Å². The Morgan fingerprint density at radius 2 is 1.88 bits per heavy atom. The molecule has 0 radical (unpaired) electrons. The Labute approximate surface area is 103 Å². The predicted molar refractivity (Wildman–Crippen MR) is 67.6 cm³/mol. The van der Waals surface area contributed by atoms with Crippen molar-refractivity contribution in [2.75, 3.05) is 27.8 Å². The molecule has 1 unspecified atom stereocenters. The highest BCUT2D eigenvalue weighted by Gasteiger charge is 2.07. The van der Waals surface area contributed by atoms with Gasteiger partial charge in [0.05, 0.1) is 20.3 Å². The van der Waals surface area contributed by atoms with Crippen LogP contribution < -0.4 is 9.47 Å². The number of ether oxygens (including phenoxy) is 2. The fourth-order valence-corrected chi connectivity index (χ4v) is 1.81. The summed E-state index contributed by atoms with van der Waals surface area (Å²) in [5, 5.41) is 9.30. The lowest BCUT2D eigenvalue weighted by molar-refractivity contribution is 0.138. The number of aliphatic hydroxyl groups is 1. The maximum atomic E-state index is 9.30. The van der Waals surface area contributed by atoms with Crippen LogP contribution in [0.1, 0.15) is 12.5 Å². The summed E-state index contributed by atoms with van der Waals surface area (Å²) < 4.78 is 10.4. The molecule has 0 bridgehead atoms. The van der Waals surface area contributed by atoms with E-state index in [4.69, 9.17) is 9.47 Å². The van der Waals surface area contributed by atoms with E-state index in [1.165, 1.54) is 0 Å². The van der Waals surface area contributed by atoms with Gasteiger partial charge in [0.1, 0.15) is 0 Å². The van der Waals surface area contributed by atoms with Crippen LogP contribution >= 0.6 is 0 Å². The molecule has 0 aliphatic rings. The molecular weight excluding hydrogens is 218 g/mol. The number of methoxy groups -OCH3 is 2. The van der Waals surface area contributed by atoms with Crippen molar-refractivity contribution in [2.24, 2.45) is 0 Å². The Balaban J connectivity index is 2.72. The fourth-order valence-electron chi connectivity index (χ4n) is 1.81. The Bertz CT molecular complexity index is 353. The van der Waals surface area contributed by atoms with Crippen molar-refractivity contribution >= 4 is 0 Å². The second-order valence-corrected chi connectivity index (χ2v) is 4.24. The average molecular weight is 239 g/mol. The van der Waals surface area contributed by atoms with Crippen molar-refractivity contribution in [2.45, 2.75) is 19.6 Å². The molecule has 4 heteroatoms. The second kappa shape index (κ2) is 6.47. The summed E-state index contributed by atoms with van der Waals surface area (Å²) >= 11 is 0. The van der Waals surface area contributed by atoms with E-state index in [0.29, 0.717) is 6.54 Å². The highest BCUT2D eigenvalue weighted by atomic mass is 16.5. The van der Waals surface area contributed by atoms with E-state index in [0.717, 1.165) is 23.6 Å². The molecule has 0 saturated heterocycles. The lowest BCUT2D eigenvalue weighted by Gasteiger charge is -2.19. The van der Waals surface area contributed by atoms with Crippen LogP contribution in [0.15, 0.2) is 18.2 Å². The maximum absolute atomic E-state index is 9.30. The zero-order valence-corrected chi connectivity index (χ0v) is 10.9. The summed E-state index contributed by atoms with van der Waals surface area (Å²) in [5.74, 6) is 1.46. The van der Waals surface area contributed by atoms with Gasteiger partial charge in [-0.05, 0) is 31.7 Å². The summed E-state index contributed by atoms with van der Waals surface area (Å²) in [4.78, 5) is 2.06. The van der Waals surface area contributed by atoms with Crippen LogP contribution in [0.5, 0.6) is 11.5 Å². The molecule has 1 aromatic rings. The average Bonchev–Trinajstić information content (AvgIpc) is 2.27. The summed E-state index contributed by atoms with van der Waals surface area (Å²) in [7, 11) is 5.22. The van der Waals surface area contributed by atoms with Gasteiger partial charge in [-0.25, -0.2) is 0 Å². The number of benzene rings is 1. The lowest BCUT2D eigenvalue weighted by Crippen LogP contribution is -2.26. The SMILES string of the molecule is COc1ccc(CN(C)CC(C)O)cc1OC. The van der Waals surface area contributed by atoms with Gasteiger partial charge in [-0.1, -0.05) is 6.07 Å². The van der Waals surface area contributed by atoms with Crippen molar-refractivity contribution in [1.82, 2.24) is 4.90 Å². The molecule has 0 spiro atoms. The maximum Gasteiger partial charge on any atom is 0.161 e. The Morgan fingerprint density at radius 3 is 2.41 bits per heavy atom. The minimum atomic E-state index is -0.319. The van der Waals surface area contributed by atoms with E-state index >= 15 is 0 Å². The molecule has 1 rings (SSSR count). The van der Waals surface area contributed by atoms with Crippen LogP contribution in [0.25, 0.3) is 0 Å². The van der Waals surface area contributed by atoms with E-state index in [2.05, 4.69) is 4.90 Å². The van der Waals surface area contributed by atoms with Crippen molar-refractivity contribution in [3.8, 4) is 11.5 Å². The lowest BCUT2D eigenvalue weighted by atomic mass is 10.2. The molecule has 0 fully saturated rings. The van der Waals surface area contributed by atoms with Gasteiger partial charge in [-0.15, -0.1) is 0 Å². The van der Waals surface area contributed by atoms with Gasteiger partial charge in [0.15, 0.2) is 11.5 Å². The van der Waals surface area contributed by atoms with Crippen LogP contribution in [-0.2, 0) is 6.54 Å². The number of nitrogens with zero attached hydrogens (tertiary/aromatic N) is 1. The van der Waals surface area contributed by atoms with Gasteiger partial charge in [-0.2, -0.15) is 0 Å². The third-order valence-electron chi connectivity index (χ3n) is 2.48. The first-order valence-corrected chi connectivity index (χ1v) is 5.64. The largest absolute Gasteiger partial charge is 0.493 e. The molecule has 1 aromatic carbocycles. The van der Waals surface area contributed by atoms with Crippen molar-refractivity contribution in [3.63, 3.8) is 0 Å². The summed E-state index contributed by atoms with van der Waals surface area (Å²) in [6.07, 6.45) is -0.319. The first-order chi connectivity index (χ1) is 8.06. The molecule has 1 atom stereocenters. The van der Waals surface area contributed by atoms with Crippen LogP contribution in [0.3, 0.4) is 0 Å². The minimum absolute atomic E-state index is 0.319. The van der Waals surface area contributed by atoms with Crippen LogP contribution in [-0.4, -0.2) is 43.9 Å². The predicted octanol–water partition coefficient (Wildman–Crippen LogP) is 1.52. The number of likely N-dealkylation sites (N-methyl/N-ethyl adjacent to an activating group) is 1. The van der Waals surface area contributed by atoms with E-state index in [1.54, 1.807) is 21.1 Å².